The third kappa shape index (κ3) is 3.25. The summed E-state index contributed by atoms with van der Waals surface area (Å²) in [5, 5.41) is 2.98. The molecular weight excluding hydrogens is 270 g/mol. The lowest BCUT2D eigenvalue weighted by Crippen LogP contribution is -2.27. The summed E-state index contributed by atoms with van der Waals surface area (Å²) in [4.78, 5) is 13.4. The van der Waals surface area contributed by atoms with Crippen molar-refractivity contribution in [3.8, 4) is 0 Å². The molecule has 0 aliphatic rings. The minimum absolute atomic E-state index is 0.0695. The van der Waals surface area contributed by atoms with Gasteiger partial charge in [-0.15, -0.1) is 11.8 Å². The maximum atomic E-state index is 12.4. The summed E-state index contributed by atoms with van der Waals surface area (Å²) in [5.41, 5.74) is 1.69. The van der Waals surface area contributed by atoms with Crippen LogP contribution in [0.3, 0.4) is 0 Å². The van der Waals surface area contributed by atoms with Gasteiger partial charge < -0.3 is 9.73 Å². The quantitative estimate of drug-likeness (QED) is 0.861. The van der Waals surface area contributed by atoms with Gasteiger partial charge >= 0.3 is 0 Å². The summed E-state index contributed by atoms with van der Waals surface area (Å²) in [6, 6.07) is 9.57. The molecule has 3 nitrogen and oxygen atoms in total. The summed E-state index contributed by atoms with van der Waals surface area (Å²) in [7, 11) is 0. The number of carbonyl (C=O) groups is 1. The highest BCUT2D eigenvalue weighted by Gasteiger charge is 2.16. The van der Waals surface area contributed by atoms with E-state index in [0.717, 1.165) is 22.0 Å². The SMILES string of the molecule is CSc1ccc(C)c(C(=O)N[C@H](C)c2ccc(C)o2)c1. The normalized spacial score (nSPS) is 12.2. The Labute approximate surface area is 123 Å². The molecule has 20 heavy (non-hydrogen) atoms. The van der Waals surface area contributed by atoms with E-state index in [1.54, 1.807) is 11.8 Å². The average Bonchev–Trinajstić information content (AvgIpc) is 2.86. The molecule has 1 atom stereocenters. The van der Waals surface area contributed by atoms with Crippen LogP contribution in [0.2, 0.25) is 0 Å². The first-order valence-corrected chi connectivity index (χ1v) is 7.75. The van der Waals surface area contributed by atoms with Crippen molar-refractivity contribution in [2.75, 3.05) is 6.26 Å². The highest BCUT2D eigenvalue weighted by Crippen LogP contribution is 2.21. The molecule has 0 unspecified atom stereocenters. The number of benzene rings is 1. The topological polar surface area (TPSA) is 42.2 Å². The summed E-state index contributed by atoms with van der Waals surface area (Å²) >= 11 is 1.63. The van der Waals surface area contributed by atoms with Gasteiger partial charge in [0, 0.05) is 10.5 Å². The van der Waals surface area contributed by atoms with Crippen molar-refractivity contribution in [3.05, 3.63) is 53.0 Å². The Bertz CT molecular complexity index is 619. The third-order valence-electron chi connectivity index (χ3n) is 3.22. The fourth-order valence-electron chi connectivity index (χ4n) is 2.00. The van der Waals surface area contributed by atoms with Gasteiger partial charge in [-0.05, 0) is 56.9 Å². The molecule has 0 aliphatic heterocycles. The Morgan fingerprint density at radius 3 is 2.60 bits per heavy atom. The Hall–Kier alpha value is -1.68. The predicted molar refractivity (Wildman–Crippen MR) is 82.3 cm³/mol. The Morgan fingerprint density at radius 1 is 1.25 bits per heavy atom. The van der Waals surface area contributed by atoms with E-state index in [4.69, 9.17) is 4.42 Å². The van der Waals surface area contributed by atoms with Crippen LogP contribution in [-0.2, 0) is 0 Å². The van der Waals surface area contributed by atoms with Gasteiger partial charge in [-0.1, -0.05) is 6.07 Å². The lowest BCUT2D eigenvalue weighted by atomic mass is 10.1. The van der Waals surface area contributed by atoms with Gasteiger partial charge in [-0.3, -0.25) is 4.79 Å². The summed E-state index contributed by atoms with van der Waals surface area (Å²) in [5.74, 6) is 1.55. The number of aryl methyl sites for hydroxylation is 2. The molecule has 0 spiro atoms. The molecule has 0 saturated carbocycles. The van der Waals surface area contributed by atoms with Gasteiger partial charge in [0.1, 0.15) is 11.5 Å². The summed E-state index contributed by atoms with van der Waals surface area (Å²) < 4.78 is 5.54. The Morgan fingerprint density at radius 2 is 2.00 bits per heavy atom. The van der Waals surface area contributed by atoms with Crippen molar-refractivity contribution in [2.24, 2.45) is 0 Å². The number of rotatable bonds is 4. The molecule has 0 radical (unpaired) electrons. The van der Waals surface area contributed by atoms with E-state index in [2.05, 4.69) is 5.32 Å². The second-order valence-corrected chi connectivity index (χ2v) is 5.70. The average molecular weight is 289 g/mol. The molecule has 4 heteroatoms. The highest BCUT2D eigenvalue weighted by molar-refractivity contribution is 7.98. The first-order chi connectivity index (χ1) is 9.51. The van der Waals surface area contributed by atoms with Crippen molar-refractivity contribution in [3.63, 3.8) is 0 Å². The van der Waals surface area contributed by atoms with Crippen molar-refractivity contribution >= 4 is 17.7 Å². The number of hydrogen-bond acceptors (Lipinski definition) is 3. The van der Waals surface area contributed by atoms with Gasteiger partial charge in [-0.2, -0.15) is 0 Å². The smallest absolute Gasteiger partial charge is 0.252 e. The Kier molecular flexibility index (Phi) is 4.55. The van der Waals surface area contributed by atoms with E-state index in [0.29, 0.717) is 5.56 Å². The standard InChI is InChI=1S/C16H19NO2S/c1-10-5-7-13(20-4)9-14(10)16(18)17-12(3)15-8-6-11(2)19-15/h5-9,12H,1-4H3,(H,17,18)/t12-/m1/s1. The third-order valence-corrected chi connectivity index (χ3v) is 3.95. The number of nitrogens with one attached hydrogen (secondary N) is 1. The van der Waals surface area contributed by atoms with Crippen LogP contribution < -0.4 is 5.32 Å². The lowest BCUT2D eigenvalue weighted by molar-refractivity contribution is 0.0934. The van der Waals surface area contributed by atoms with Crippen LogP contribution >= 0.6 is 11.8 Å². The molecule has 2 aromatic rings. The second kappa shape index (κ2) is 6.18. The van der Waals surface area contributed by atoms with Crippen LogP contribution in [-0.4, -0.2) is 12.2 Å². The molecule has 0 saturated heterocycles. The minimum Gasteiger partial charge on any atom is -0.464 e. The van der Waals surface area contributed by atoms with Gasteiger partial charge in [-0.25, -0.2) is 0 Å². The molecule has 1 aromatic carbocycles. The lowest BCUT2D eigenvalue weighted by Gasteiger charge is -2.13. The van der Waals surface area contributed by atoms with E-state index in [9.17, 15) is 4.79 Å². The molecule has 106 valence electrons. The maximum Gasteiger partial charge on any atom is 0.252 e. The first kappa shape index (κ1) is 14.7. The van der Waals surface area contributed by atoms with E-state index in [1.165, 1.54) is 0 Å². The molecule has 1 N–H and O–H groups in total. The fraction of sp³-hybridized carbons (Fsp3) is 0.312. The first-order valence-electron chi connectivity index (χ1n) is 6.53. The molecule has 0 fully saturated rings. The molecule has 0 aliphatic carbocycles. The van der Waals surface area contributed by atoms with Crippen molar-refractivity contribution < 1.29 is 9.21 Å². The number of furan rings is 1. The molecule has 2 rings (SSSR count). The zero-order chi connectivity index (χ0) is 14.7. The number of amides is 1. The number of thioether (sulfide) groups is 1. The van der Waals surface area contributed by atoms with Crippen molar-refractivity contribution in [1.29, 1.82) is 0 Å². The zero-order valence-electron chi connectivity index (χ0n) is 12.2. The largest absolute Gasteiger partial charge is 0.464 e. The minimum atomic E-state index is -0.145. The molecular formula is C16H19NO2S. The van der Waals surface area contributed by atoms with E-state index >= 15 is 0 Å². The van der Waals surface area contributed by atoms with Gasteiger partial charge in [0.2, 0.25) is 0 Å². The predicted octanol–water partition coefficient (Wildman–Crippen LogP) is 4.11. The van der Waals surface area contributed by atoms with Crippen LogP contribution in [0.5, 0.6) is 0 Å². The maximum absolute atomic E-state index is 12.4. The van der Waals surface area contributed by atoms with Crippen LogP contribution in [0, 0.1) is 13.8 Å². The monoisotopic (exact) mass is 289 g/mol. The van der Waals surface area contributed by atoms with E-state index in [-0.39, 0.29) is 11.9 Å². The molecule has 1 heterocycles. The number of hydrogen-bond donors (Lipinski definition) is 1. The van der Waals surface area contributed by atoms with Crippen molar-refractivity contribution in [2.45, 2.75) is 31.7 Å². The molecule has 0 bridgehead atoms. The Balaban J connectivity index is 2.15. The summed E-state index contributed by atoms with van der Waals surface area (Å²) in [6.07, 6.45) is 2.00. The number of carbonyl (C=O) groups excluding carboxylic acids is 1. The molecule has 1 aromatic heterocycles. The summed E-state index contributed by atoms with van der Waals surface area (Å²) in [6.45, 7) is 5.76. The van der Waals surface area contributed by atoms with Gasteiger partial charge in [0.15, 0.2) is 0 Å². The van der Waals surface area contributed by atoms with Crippen LogP contribution in [0.15, 0.2) is 39.6 Å². The van der Waals surface area contributed by atoms with Gasteiger partial charge in [0.25, 0.3) is 5.91 Å². The van der Waals surface area contributed by atoms with E-state index in [1.807, 2.05) is 57.4 Å². The van der Waals surface area contributed by atoms with Crippen LogP contribution in [0.25, 0.3) is 0 Å². The zero-order valence-corrected chi connectivity index (χ0v) is 13.0. The van der Waals surface area contributed by atoms with Crippen LogP contribution in [0.4, 0.5) is 0 Å². The molecule has 1 amide bonds. The van der Waals surface area contributed by atoms with Crippen molar-refractivity contribution in [1.82, 2.24) is 5.32 Å². The second-order valence-electron chi connectivity index (χ2n) is 4.82. The van der Waals surface area contributed by atoms with E-state index < -0.39 is 0 Å². The van der Waals surface area contributed by atoms with Crippen LogP contribution in [0.1, 0.15) is 40.4 Å². The van der Waals surface area contributed by atoms with Gasteiger partial charge in [0.05, 0.1) is 6.04 Å². The highest BCUT2D eigenvalue weighted by atomic mass is 32.2. The fourth-order valence-corrected chi connectivity index (χ4v) is 2.44.